The number of amides is 3. The Morgan fingerprint density at radius 1 is 0.932 bits per heavy atom. The second-order valence-corrected chi connectivity index (χ2v) is 14.6. The Balaban J connectivity index is 2.25. The van der Waals surface area contributed by atoms with Crippen LogP contribution in [0.15, 0.2) is 30.3 Å². The second-order valence-electron chi connectivity index (χ2n) is 12.3. The van der Waals surface area contributed by atoms with E-state index in [-0.39, 0.29) is 30.6 Å². The maximum absolute atomic E-state index is 13.8. The van der Waals surface area contributed by atoms with Crippen molar-refractivity contribution in [3.05, 3.63) is 35.9 Å². The number of hydrogen-bond donors (Lipinski definition) is 5. The van der Waals surface area contributed by atoms with E-state index < -0.39 is 43.4 Å². The van der Waals surface area contributed by atoms with E-state index in [1.165, 1.54) is 14.2 Å². The Hall–Kier alpha value is -2.30. The first-order chi connectivity index (χ1) is 21.0. The van der Waals surface area contributed by atoms with Crippen LogP contribution in [0.5, 0.6) is 0 Å². The van der Waals surface area contributed by atoms with Gasteiger partial charge in [0.1, 0.15) is 12.1 Å². The van der Waals surface area contributed by atoms with E-state index in [2.05, 4.69) is 16.0 Å². The van der Waals surface area contributed by atoms with Gasteiger partial charge in [0.25, 0.3) is 0 Å². The van der Waals surface area contributed by atoms with Crippen LogP contribution in [0.25, 0.3) is 0 Å². The summed E-state index contributed by atoms with van der Waals surface area (Å²) in [6.45, 7) is 4.44. The van der Waals surface area contributed by atoms with Crippen molar-refractivity contribution in [2.24, 2.45) is 17.6 Å². The van der Waals surface area contributed by atoms with Crippen molar-refractivity contribution in [3.8, 4) is 0 Å². The predicted octanol–water partition coefficient (Wildman–Crippen LogP) is 4.02. The quantitative estimate of drug-likeness (QED) is 0.105. The highest BCUT2D eigenvalue weighted by Gasteiger charge is 2.41. The summed E-state index contributed by atoms with van der Waals surface area (Å²) in [5.74, 6) is -2.52. The maximum atomic E-state index is 13.8. The lowest BCUT2D eigenvalue weighted by Gasteiger charge is -2.33. The summed E-state index contributed by atoms with van der Waals surface area (Å²) in [7, 11) is -1.52. The van der Waals surface area contributed by atoms with Gasteiger partial charge in [0.05, 0.1) is 6.04 Å². The van der Waals surface area contributed by atoms with E-state index in [1.54, 1.807) is 0 Å². The normalized spacial score (nSPS) is 17.0. The minimum Gasteiger partial charge on any atom is -0.379 e. The highest BCUT2D eigenvalue weighted by molar-refractivity contribution is 7.54. The number of aliphatic hydroxyl groups excluding tert-OH is 1. The Kier molecular flexibility index (Phi) is 17.2. The number of nitrogens with two attached hydrogens (primary N) is 1. The van der Waals surface area contributed by atoms with E-state index in [0.717, 1.165) is 50.5 Å². The van der Waals surface area contributed by atoms with Crippen LogP contribution >= 0.6 is 7.60 Å². The molecule has 1 fully saturated rings. The molecule has 4 atom stereocenters. The lowest BCUT2D eigenvalue weighted by Crippen LogP contribution is -2.57. The van der Waals surface area contributed by atoms with E-state index in [9.17, 15) is 24.1 Å². The molecule has 44 heavy (non-hydrogen) atoms. The first-order valence-corrected chi connectivity index (χ1v) is 17.7. The highest BCUT2D eigenvalue weighted by atomic mass is 31.2. The molecular weight excluding hydrogens is 583 g/mol. The van der Waals surface area contributed by atoms with Crippen molar-refractivity contribution in [2.75, 3.05) is 20.8 Å². The highest BCUT2D eigenvalue weighted by Crippen LogP contribution is 2.52. The Bertz CT molecular complexity index is 1040. The zero-order valence-corrected chi connectivity index (χ0v) is 27.9. The molecule has 0 aromatic heterocycles. The molecule has 0 aliphatic heterocycles. The summed E-state index contributed by atoms with van der Waals surface area (Å²) >= 11 is 0. The molecule has 1 aromatic carbocycles. The van der Waals surface area contributed by atoms with E-state index in [4.69, 9.17) is 14.8 Å². The minimum atomic E-state index is -3.92. The van der Waals surface area contributed by atoms with Gasteiger partial charge in [-0.1, -0.05) is 82.7 Å². The van der Waals surface area contributed by atoms with Crippen molar-refractivity contribution in [1.82, 2.24) is 16.0 Å². The molecule has 12 heteroatoms. The number of nitrogens with one attached hydrogen (secondary N) is 3. The third kappa shape index (κ3) is 13.0. The Morgan fingerprint density at radius 2 is 1.57 bits per heavy atom. The molecule has 0 spiro atoms. The molecule has 250 valence electrons. The first-order valence-electron chi connectivity index (χ1n) is 16.1. The van der Waals surface area contributed by atoms with Crippen LogP contribution < -0.4 is 21.7 Å². The van der Waals surface area contributed by atoms with Crippen molar-refractivity contribution >= 4 is 25.3 Å². The molecule has 2 rings (SSSR count). The van der Waals surface area contributed by atoms with Gasteiger partial charge in [0.2, 0.25) is 17.7 Å². The third-order valence-electron chi connectivity index (χ3n) is 8.21. The summed E-state index contributed by atoms with van der Waals surface area (Å²) in [5.41, 5.74) is 6.43. The molecule has 1 saturated carbocycles. The molecule has 0 heterocycles. The molecule has 1 aromatic rings. The van der Waals surface area contributed by atoms with Crippen LogP contribution in [-0.2, 0) is 34.4 Å². The number of carbonyl (C=O) groups is 3. The summed E-state index contributed by atoms with van der Waals surface area (Å²) in [5, 5.41) is 19.8. The van der Waals surface area contributed by atoms with Gasteiger partial charge in [-0.3, -0.25) is 18.9 Å². The fourth-order valence-corrected chi connectivity index (χ4v) is 6.96. The monoisotopic (exact) mass is 638 g/mol. The summed E-state index contributed by atoms with van der Waals surface area (Å²) in [6.07, 6.45) is 8.72. The molecule has 0 bridgehead atoms. The van der Waals surface area contributed by atoms with Crippen molar-refractivity contribution in [1.29, 1.82) is 0 Å². The molecule has 1 aliphatic rings. The topological polar surface area (TPSA) is 169 Å². The largest absolute Gasteiger partial charge is 0.379 e. The summed E-state index contributed by atoms with van der Waals surface area (Å²) in [4.78, 5) is 40.3. The smallest absolute Gasteiger partial charge is 0.360 e. The fourth-order valence-electron chi connectivity index (χ4n) is 5.74. The first kappa shape index (κ1) is 37.9. The lowest BCUT2D eigenvalue weighted by atomic mass is 9.85. The number of hydrogen-bond acceptors (Lipinski definition) is 8. The molecule has 0 saturated heterocycles. The average molecular weight is 639 g/mol. The molecule has 6 N–H and O–H groups in total. The van der Waals surface area contributed by atoms with Crippen LogP contribution in [0.2, 0.25) is 0 Å². The zero-order valence-electron chi connectivity index (χ0n) is 27.0. The standard InChI is InChI=1S/C32H55N4O7P/c1-23(2)20-26(30(38)36-28(22-25-16-10-6-11-17-25)32(40)44(41,42-3)43-4)35-31(39)27(21-24-14-8-5-9-15-24)34-29(37)18-12-7-13-19-33/h5,8-9,14-15,23,25-28,32,40H,6-7,10-13,16-22,33H2,1-4H3,(H,34,37)(H,35,39)(H,36,38)/t26-,27-,28-,32-/m0/s1. The van der Waals surface area contributed by atoms with E-state index >= 15 is 0 Å². The van der Waals surface area contributed by atoms with Crippen molar-refractivity contribution in [2.45, 2.75) is 115 Å². The number of carbonyl (C=O) groups excluding carboxylic acids is 3. The Labute approximate surface area is 263 Å². The van der Waals surface area contributed by atoms with Crippen LogP contribution in [0.3, 0.4) is 0 Å². The van der Waals surface area contributed by atoms with Crippen molar-refractivity contribution in [3.63, 3.8) is 0 Å². The number of benzene rings is 1. The predicted molar refractivity (Wildman–Crippen MR) is 172 cm³/mol. The molecule has 1 aliphatic carbocycles. The number of aliphatic hydroxyl groups is 1. The van der Waals surface area contributed by atoms with Gasteiger partial charge >= 0.3 is 7.60 Å². The minimum absolute atomic E-state index is 0.0431. The maximum Gasteiger partial charge on any atom is 0.360 e. The van der Waals surface area contributed by atoms with Gasteiger partial charge < -0.3 is 35.8 Å². The SMILES string of the molecule is COP(=O)(OC)[C@H](O)[C@H](CC1CCCCC1)NC(=O)[C@H](CC(C)C)NC(=O)[C@H](Cc1ccccc1)NC(=O)CCCCCN. The Morgan fingerprint density at radius 3 is 2.16 bits per heavy atom. The molecular formula is C32H55N4O7P. The van der Waals surface area contributed by atoms with Crippen LogP contribution in [-0.4, -0.2) is 67.6 Å². The molecule has 11 nitrogen and oxygen atoms in total. The van der Waals surface area contributed by atoms with Gasteiger partial charge in [-0.05, 0) is 49.6 Å². The van der Waals surface area contributed by atoms with Gasteiger partial charge in [-0.15, -0.1) is 0 Å². The number of rotatable bonds is 20. The third-order valence-corrected chi connectivity index (χ3v) is 10.2. The summed E-state index contributed by atoms with van der Waals surface area (Å²) in [6, 6.07) is 6.62. The second kappa shape index (κ2) is 20.0. The van der Waals surface area contributed by atoms with Crippen LogP contribution in [0, 0.1) is 11.8 Å². The number of unbranched alkanes of at least 4 members (excludes halogenated alkanes) is 2. The van der Waals surface area contributed by atoms with Gasteiger partial charge in [0, 0.05) is 27.1 Å². The van der Waals surface area contributed by atoms with Crippen molar-refractivity contribution < 1.29 is 33.1 Å². The van der Waals surface area contributed by atoms with Gasteiger partial charge in [-0.25, -0.2) is 0 Å². The summed E-state index contributed by atoms with van der Waals surface area (Å²) < 4.78 is 23.3. The molecule has 3 amide bonds. The zero-order chi connectivity index (χ0) is 32.5. The van der Waals surface area contributed by atoms with E-state index in [1.807, 2.05) is 44.2 Å². The van der Waals surface area contributed by atoms with Crippen LogP contribution in [0.4, 0.5) is 0 Å². The van der Waals surface area contributed by atoms with Gasteiger partial charge in [0.15, 0.2) is 5.85 Å². The lowest BCUT2D eigenvalue weighted by molar-refractivity contribution is -0.132. The molecule has 0 unspecified atom stereocenters. The van der Waals surface area contributed by atoms with Crippen LogP contribution in [0.1, 0.15) is 90.0 Å². The fraction of sp³-hybridized carbons (Fsp3) is 0.719. The molecule has 0 radical (unpaired) electrons. The van der Waals surface area contributed by atoms with Gasteiger partial charge in [-0.2, -0.15) is 0 Å². The van der Waals surface area contributed by atoms with E-state index in [0.29, 0.717) is 25.8 Å². The average Bonchev–Trinajstić information content (AvgIpc) is 3.02.